The Morgan fingerprint density at radius 1 is 1.56 bits per heavy atom. The summed E-state index contributed by atoms with van der Waals surface area (Å²) in [6.07, 6.45) is 5.37. The van der Waals surface area contributed by atoms with Gasteiger partial charge in [-0.15, -0.1) is 11.3 Å². The maximum atomic E-state index is 4.30. The second-order valence-electron chi connectivity index (χ2n) is 4.87. The Labute approximate surface area is 111 Å². The van der Waals surface area contributed by atoms with Crippen LogP contribution >= 0.6 is 11.3 Å². The number of rotatable bonds is 6. The van der Waals surface area contributed by atoms with Gasteiger partial charge in [-0.2, -0.15) is 5.10 Å². The fourth-order valence-corrected chi connectivity index (χ4v) is 3.13. The highest BCUT2D eigenvalue weighted by Gasteiger charge is 2.32. The Bertz CT molecular complexity index is 487. The Morgan fingerprint density at radius 3 is 3.06 bits per heavy atom. The van der Waals surface area contributed by atoms with Crippen molar-refractivity contribution in [2.24, 2.45) is 13.0 Å². The van der Waals surface area contributed by atoms with Crippen molar-refractivity contribution in [3.05, 3.63) is 34.5 Å². The van der Waals surface area contributed by atoms with Gasteiger partial charge in [0.1, 0.15) is 6.33 Å². The number of aromatic nitrogens is 3. The average Bonchev–Trinajstić information content (AvgIpc) is 2.88. The van der Waals surface area contributed by atoms with E-state index in [4.69, 9.17) is 0 Å². The van der Waals surface area contributed by atoms with Gasteiger partial charge in [0.05, 0.1) is 0 Å². The summed E-state index contributed by atoms with van der Waals surface area (Å²) in [5.74, 6) is 1.76. The van der Waals surface area contributed by atoms with E-state index in [-0.39, 0.29) is 0 Å². The monoisotopic (exact) mass is 262 g/mol. The van der Waals surface area contributed by atoms with Gasteiger partial charge < -0.3 is 5.32 Å². The highest BCUT2D eigenvalue weighted by molar-refractivity contribution is 7.10. The van der Waals surface area contributed by atoms with Gasteiger partial charge in [-0.3, -0.25) is 4.68 Å². The first-order valence-electron chi connectivity index (χ1n) is 6.44. The minimum atomic E-state index is 0.536. The van der Waals surface area contributed by atoms with Gasteiger partial charge in [0.25, 0.3) is 0 Å². The predicted molar refractivity (Wildman–Crippen MR) is 72.5 cm³/mol. The fourth-order valence-electron chi connectivity index (χ4n) is 2.24. The van der Waals surface area contributed by atoms with Crippen LogP contribution in [-0.4, -0.2) is 21.3 Å². The highest BCUT2D eigenvalue weighted by Crippen LogP contribution is 2.42. The summed E-state index contributed by atoms with van der Waals surface area (Å²) in [7, 11) is 1.91. The fraction of sp³-hybridized carbons (Fsp3) is 0.538. The molecule has 2 heterocycles. The van der Waals surface area contributed by atoms with Crippen LogP contribution in [0.5, 0.6) is 0 Å². The van der Waals surface area contributed by atoms with E-state index < -0.39 is 0 Å². The van der Waals surface area contributed by atoms with Crippen molar-refractivity contribution in [2.75, 3.05) is 6.54 Å². The number of hydrogen-bond acceptors (Lipinski definition) is 4. The molecule has 1 N–H and O–H groups in total. The molecule has 0 bridgehead atoms. The molecular formula is C13H18N4S. The van der Waals surface area contributed by atoms with E-state index in [9.17, 15) is 0 Å². The lowest BCUT2D eigenvalue weighted by Crippen LogP contribution is -2.25. The molecule has 0 aromatic carbocycles. The summed E-state index contributed by atoms with van der Waals surface area (Å²) in [4.78, 5) is 5.71. The van der Waals surface area contributed by atoms with E-state index in [1.165, 1.54) is 17.7 Å². The summed E-state index contributed by atoms with van der Waals surface area (Å²) in [6.45, 7) is 0.948. The molecule has 4 nitrogen and oxygen atoms in total. The minimum Gasteiger partial charge on any atom is -0.309 e. The van der Waals surface area contributed by atoms with Crippen molar-refractivity contribution < 1.29 is 0 Å². The van der Waals surface area contributed by atoms with E-state index in [1.807, 2.05) is 18.4 Å². The molecule has 1 fully saturated rings. The molecule has 1 atom stereocenters. The first kappa shape index (κ1) is 11.9. The standard InChI is InChI=1S/C13H18N4S/c1-17-9-15-12(16-17)6-7-14-13(10-4-5-10)11-3-2-8-18-11/h2-3,8-10,13-14H,4-7H2,1H3. The third-order valence-electron chi connectivity index (χ3n) is 3.30. The molecule has 1 aliphatic rings. The Hall–Kier alpha value is -1.20. The van der Waals surface area contributed by atoms with Crippen molar-refractivity contribution in [3.63, 3.8) is 0 Å². The molecular weight excluding hydrogens is 244 g/mol. The van der Waals surface area contributed by atoms with E-state index in [2.05, 4.69) is 32.9 Å². The summed E-state index contributed by atoms with van der Waals surface area (Å²) in [6, 6.07) is 4.91. The molecule has 1 aliphatic carbocycles. The van der Waals surface area contributed by atoms with Crippen LogP contribution in [0.1, 0.15) is 29.6 Å². The molecule has 3 rings (SSSR count). The van der Waals surface area contributed by atoms with Gasteiger partial charge in [-0.25, -0.2) is 4.98 Å². The zero-order valence-corrected chi connectivity index (χ0v) is 11.4. The number of hydrogen-bond donors (Lipinski definition) is 1. The van der Waals surface area contributed by atoms with E-state index in [0.29, 0.717) is 6.04 Å². The lowest BCUT2D eigenvalue weighted by Gasteiger charge is -2.16. The zero-order valence-electron chi connectivity index (χ0n) is 10.5. The molecule has 0 saturated heterocycles. The molecule has 18 heavy (non-hydrogen) atoms. The molecule has 1 unspecified atom stereocenters. The van der Waals surface area contributed by atoms with E-state index in [1.54, 1.807) is 11.0 Å². The van der Waals surface area contributed by atoms with Crippen molar-refractivity contribution in [3.8, 4) is 0 Å². The van der Waals surface area contributed by atoms with Crippen molar-refractivity contribution in [1.82, 2.24) is 20.1 Å². The second-order valence-corrected chi connectivity index (χ2v) is 5.85. The van der Waals surface area contributed by atoms with Gasteiger partial charge in [0.2, 0.25) is 0 Å². The maximum absolute atomic E-state index is 4.30. The Kier molecular flexibility index (Phi) is 3.43. The van der Waals surface area contributed by atoms with Crippen LogP contribution in [0, 0.1) is 5.92 Å². The number of nitrogens with zero attached hydrogens (tertiary/aromatic N) is 3. The van der Waals surface area contributed by atoms with E-state index in [0.717, 1.165) is 24.7 Å². The minimum absolute atomic E-state index is 0.536. The first-order chi connectivity index (χ1) is 8.83. The third-order valence-corrected chi connectivity index (χ3v) is 4.26. The molecule has 5 heteroatoms. The molecule has 0 amide bonds. The third kappa shape index (κ3) is 2.79. The normalized spacial score (nSPS) is 16.9. The Balaban J connectivity index is 1.54. The van der Waals surface area contributed by atoms with Crippen LogP contribution in [0.3, 0.4) is 0 Å². The Morgan fingerprint density at radius 2 is 2.44 bits per heavy atom. The van der Waals surface area contributed by atoms with Gasteiger partial charge >= 0.3 is 0 Å². The highest BCUT2D eigenvalue weighted by atomic mass is 32.1. The quantitative estimate of drug-likeness (QED) is 0.867. The maximum Gasteiger partial charge on any atom is 0.151 e. The van der Waals surface area contributed by atoms with Crippen molar-refractivity contribution in [2.45, 2.75) is 25.3 Å². The van der Waals surface area contributed by atoms with Crippen LogP contribution in [0.4, 0.5) is 0 Å². The zero-order chi connectivity index (χ0) is 12.4. The number of nitrogens with one attached hydrogen (secondary N) is 1. The van der Waals surface area contributed by atoms with Crippen LogP contribution in [0.25, 0.3) is 0 Å². The lowest BCUT2D eigenvalue weighted by atomic mass is 10.1. The van der Waals surface area contributed by atoms with Crippen molar-refractivity contribution in [1.29, 1.82) is 0 Å². The summed E-state index contributed by atoms with van der Waals surface area (Å²) in [5.41, 5.74) is 0. The number of aryl methyl sites for hydroxylation is 1. The average molecular weight is 262 g/mol. The summed E-state index contributed by atoms with van der Waals surface area (Å²) >= 11 is 1.85. The summed E-state index contributed by atoms with van der Waals surface area (Å²) in [5, 5.41) is 10.1. The van der Waals surface area contributed by atoms with Crippen molar-refractivity contribution >= 4 is 11.3 Å². The second kappa shape index (κ2) is 5.20. The van der Waals surface area contributed by atoms with Gasteiger partial charge in [-0.05, 0) is 30.2 Å². The molecule has 1 saturated carbocycles. The first-order valence-corrected chi connectivity index (χ1v) is 7.32. The van der Waals surface area contributed by atoms with Crippen LogP contribution in [-0.2, 0) is 13.5 Å². The molecule has 96 valence electrons. The topological polar surface area (TPSA) is 42.7 Å². The van der Waals surface area contributed by atoms with Gasteiger partial charge in [0, 0.05) is 30.9 Å². The van der Waals surface area contributed by atoms with E-state index >= 15 is 0 Å². The van der Waals surface area contributed by atoms with Crippen LogP contribution in [0.15, 0.2) is 23.8 Å². The molecule has 0 aliphatic heterocycles. The lowest BCUT2D eigenvalue weighted by molar-refractivity contribution is 0.488. The largest absolute Gasteiger partial charge is 0.309 e. The molecule has 2 aromatic heterocycles. The van der Waals surface area contributed by atoms with Gasteiger partial charge in [0.15, 0.2) is 5.82 Å². The molecule has 0 radical (unpaired) electrons. The van der Waals surface area contributed by atoms with Gasteiger partial charge in [-0.1, -0.05) is 6.07 Å². The van der Waals surface area contributed by atoms with Crippen LogP contribution in [0.2, 0.25) is 0 Å². The van der Waals surface area contributed by atoms with Crippen LogP contribution < -0.4 is 5.32 Å². The molecule has 2 aromatic rings. The smallest absolute Gasteiger partial charge is 0.151 e. The summed E-state index contributed by atoms with van der Waals surface area (Å²) < 4.78 is 1.76. The SMILES string of the molecule is Cn1cnc(CCNC(c2cccs2)C2CC2)n1. The number of thiophene rings is 1. The predicted octanol–water partition coefficient (Wildman–Crippen LogP) is 2.16. The molecule has 0 spiro atoms.